The third-order valence-electron chi connectivity index (χ3n) is 3.81. The molecule has 0 spiro atoms. The molecule has 3 aromatic rings. The first kappa shape index (κ1) is 17.6. The highest BCUT2D eigenvalue weighted by atomic mass is 32.1. The van der Waals surface area contributed by atoms with Crippen LogP contribution in [-0.4, -0.2) is 31.3 Å². The van der Waals surface area contributed by atoms with Gasteiger partial charge in [0.15, 0.2) is 5.65 Å². The second-order valence-electron chi connectivity index (χ2n) is 7.39. The Bertz CT molecular complexity index is 931. The molecule has 2 N–H and O–H groups in total. The smallest absolute Gasteiger partial charge is 0.263 e. The van der Waals surface area contributed by atoms with Gasteiger partial charge in [-0.15, -0.1) is 11.3 Å². The maximum Gasteiger partial charge on any atom is 0.263 e. The minimum atomic E-state index is -0.242. The first-order chi connectivity index (χ1) is 11.8. The summed E-state index contributed by atoms with van der Waals surface area (Å²) < 4.78 is 1.78. The van der Waals surface area contributed by atoms with Crippen molar-refractivity contribution in [3.63, 3.8) is 0 Å². The van der Waals surface area contributed by atoms with Crippen LogP contribution in [0.4, 0.5) is 5.95 Å². The summed E-state index contributed by atoms with van der Waals surface area (Å²) in [7, 11) is 0. The fourth-order valence-corrected chi connectivity index (χ4v) is 3.37. The third-order valence-corrected chi connectivity index (χ3v) is 5.00. The molecule has 0 radical (unpaired) electrons. The van der Waals surface area contributed by atoms with Gasteiger partial charge in [-0.05, 0) is 20.8 Å². The highest BCUT2D eigenvalue weighted by Crippen LogP contribution is 2.20. The van der Waals surface area contributed by atoms with Gasteiger partial charge >= 0.3 is 0 Å². The van der Waals surface area contributed by atoms with Crippen LogP contribution in [0.25, 0.3) is 11.0 Å². The van der Waals surface area contributed by atoms with Gasteiger partial charge in [0.05, 0.1) is 22.4 Å². The Labute approximate surface area is 150 Å². The van der Waals surface area contributed by atoms with Crippen molar-refractivity contribution in [1.82, 2.24) is 24.7 Å². The van der Waals surface area contributed by atoms with Gasteiger partial charge in [0, 0.05) is 24.3 Å². The lowest BCUT2D eigenvalue weighted by atomic mass is 10.1. The lowest BCUT2D eigenvalue weighted by Gasteiger charge is -2.19. The lowest BCUT2D eigenvalue weighted by Crippen LogP contribution is -2.24. The summed E-state index contributed by atoms with van der Waals surface area (Å²) >= 11 is 1.69. The second-order valence-corrected chi connectivity index (χ2v) is 8.28. The van der Waals surface area contributed by atoms with Crippen molar-refractivity contribution < 1.29 is 0 Å². The molecule has 7 nitrogen and oxygen atoms in total. The second kappa shape index (κ2) is 6.59. The maximum absolute atomic E-state index is 12.3. The Morgan fingerprint density at radius 2 is 2.08 bits per heavy atom. The number of hydrogen-bond acceptors (Lipinski definition) is 6. The number of thiazole rings is 1. The molecule has 3 heterocycles. The summed E-state index contributed by atoms with van der Waals surface area (Å²) in [6.07, 6.45) is 2.35. The topological polar surface area (TPSA) is 88.5 Å². The van der Waals surface area contributed by atoms with E-state index in [1.54, 1.807) is 22.2 Å². The fourth-order valence-electron chi connectivity index (χ4n) is 2.50. The minimum absolute atomic E-state index is 0.182. The quantitative estimate of drug-likeness (QED) is 0.730. The van der Waals surface area contributed by atoms with Gasteiger partial charge in [-0.3, -0.25) is 9.78 Å². The highest BCUT2D eigenvalue weighted by molar-refractivity contribution is 7.09. The Hall–Kier alpha value is -2.22. The van der Waals surface area contributed by atoms with Crippen LogP contribution in [0.3, 0.4) is 0 Å². The molecule has 0 saturated heterocycles. The van der Waals surface area contributed by atoms with E-state index >= 15 is 0 Å². The minimum Gasteiger partial charge on any atom is -0.355 e. The van der Waals surface area contributed by atoms with Crippen molar-refractivity contribution in [1.29, 1.82) is 0 Å². The van der Waals surface area contributed by atoms with Gasteiger partial charge in [0.1, 0.15) is 5.39 Å². The van der Waals surface area contributed by atoms with Gasteiger partial charge in [0.2, 0.25) is 5.95 Å². The van der Waals surface area contributed by atoms with E-state index in [0.717, 1.165) is 17.1 Å². The van der Waals surface area contributed by atoms with Crippen molar-refractivity contribution in [2.45, 2.75) is 52.5 Å². The molecule has 0 aliphatic heterocycles. The normalized spacial score (nSPS) is 12.2. The zero-order valence-electron chi connectivity index (χ0n) is 15.3. The van der Waals surface area contributed by atoms with Crippen LogP contribution in [0.5, 0.6) is 0 Å². The van der Waals surface area contributed by atoms with E-state index in [1.165, 1.54) is 0 Å². The van der Waals surface area contributed by atoms with E-state index in [0.29, 0.717) is 29.4 Å². The van der Waals surface area contributed by atoms with Gasteiger partial charge in [-0.25, -0.2) is 9.67 Å². The fraction of sp³-hybridized carbons (Fsp3) is 0.529. The van der Waals surface area contributed by atoms with E-state index in [-0.39, 0.29) is 11.1 Å². The number of anilines is 1. The van der Waals surface area contributed by atoms with Crippen LogP contribution in [0.1, 0.15) is 51.2 Å². The average molecular weight is 360 g/mol. The van der Waals surface area contributed by atoms with Gasteiger partial charge in [-0.1, -0.05) is 13.8 Å². The summed E-state index contributed by atoms with van der Waals surface area (Å²) in [5, 5.41) is 11.2. The molecule has 8 heteroatoms. The molecule has 25 heavy (non-hydrogen) atoms. The summed E-state index contributed by atoms with van der Waals surface area (Å²) in [5.74, 6) is 0.910. The van der Waals surface area contributed by atoms with Crippen molar-refractivity contribution in [2.75, 3.05) is 11.9 Å². The van der Waals surface area contributed by atoms with Crippen LogP contribution in [-0.2, 0) is 12.0 Å². The molecule has 3 rings (SSSR count). The SMILES string of the molecule is CC(C)c1nc(CCNc2nc3c(cnn3C(C)(C)C)c(=O)[nH]2)cs1. The molecule has 0 aliphatic rings. The van der Waals surface area contributed by atoms with Crippen molar-refractivity contribution in [3.05, 3.63) is 32.6 Å². The third kappa shape index (κ3) is 3.73. The number of aromatic nitrogens is 5. The number of aromatic amines is 1. The number of nitrogens with one attached hydrogen (secondary N) is 2. The molecule has 0 unspecified atom stereocenters. The number of nitrogens with zero attached hydrogens (tertiary/aromatic N) is 4. The first-order valence-corrected chi connectivity index (χ1v) is 9.30. The summed E-state index contributed by atoms with van der Waals surface area (Å²) in [6, 6.07) is 0. The van der Waals surface area contributed by atoms with E-state index in [4.69, 9.17) is 0 Å². The van der Waals surface area contributed by atoms with Gasteiger partial charge in [-0.2, -0.15) is 10.1 Å². The lowest BCUT2D eigenvalue weighted by molar-refractivity contribution is 0.366. The van der Waals surface area contributed by atoms with E-state index in [2.05, 4.69) is 44.6 Å². The molecular weight excluding hydrogens is 336 g/mol. The molecule has 0 saturated carbocycles. The van der Waals surface area contributed by atoms with E-state index < -0.39 is 0 Å². The van der Waals surface area contributed by atoms with Crippen molar-refractivity contribution in [3.8, 4) is 0 Å². The van der Waals surface area contributed by atoms with Crippen molar-refractivity contribution >= 4 is 28.3 Å². The molecule has 0 aromatic carbocycles. The Kier molecular flexibility index (Phi) is 4.64. The Morgan fingerprint density at radius 3 is 2.72 bits per heavy atom. The summed E-state index contributed by atoms with van der Waals surface area (Å²) in [5.41, 5.74) is 1.23. The van der Waals surface area contributed by atoms with Crippen LogP contribution in [0.15, 0.2) is 16.4 Å². The van der Waals surface area contributed by atoms with E-state index in [9.17, 15) is 4.79 Å². The number of fused-ring (bicyclic) bond motifs is 1. The van der Waals surface area contributed by atoms with Crippen LogP contribution in [0, 0.1) is 0 Å². The van der Waals surface area contributed by atoms with Crippen LogP contribution < -0.4 is 10.9 Å². The highest BCUT2D eigenvalue weighted by Gasteiger charge is 2.19. The van der Waals surface area contributed by atoms with Gasteiger partial charge < -0.3 is 5.32 Å². The molecule has 0 aliphatic carbocycles. The molecule has 3 aromatic heterocycles. The number of hydrogen-bond donors (Lipinski definition) is 2. The predicted molar refractivity (Wildman–Crippen MR) is 102 cm³/mol. The van der Waals surface area contributed by atoms with Crippen LogP contribution in [0.2, 0.25) is 0 Å². The molecule has 0 fully saturated rings. The van der Waals surface area contributed by atoms with E-state index in [1.807, 2.05) is 20.8 Å². The standard InChI is InChI=1S/C17H24N6OS/c1-10(2)15-20-11(9-25-15)6-7-18-16-21-13-12(14(24)22-16)8-19-23(13)17(3,4)5/h8-10H,6-7H2,1-5H3,(H2,18,21,22,24). The molecule has 134 valence electrons. The Morgan fingerprint density at radius 1 is 1.32 bits per heavy atom. The summed E-state index contributed by atoms with van der Waals surface area (Å²) in [4.78, 5) is 24.2. The molecule has 0 atom stereocenters. The molecular formula is C17H24N6OS. The Balaban J connectivity index is 1.76. The number of H-pyrrole nitrogens is 1. The number of rotatable bonds is 5. The predicted octanol–water partition coefficient (Wildman–Crippen LogP) is 3.11. The van der Waals surface area contributed by atoms with Crippen LogP contribution >= 0.6 is 11.3 Å². The van der Waals surface area contributed by atoms with Crippen molar-refractivity contribution in [2.24, 2.45) is 0 Å². The average Bonchev–Trinajstić information content (AvgIpc) is 3.13. The van der Waals surface area contributed by atoms with Gasteiger partial charge in [0.25, 0.3) is 5.56 Å². The maximum atomic E-state index is 12.3. The first-order valence-electron chi connectivity index (χ1n) is 8.42. The zero-order valence-corrected chi connectivity index (χ0v) is 16.1. The monoisotopic (exact) mass is 360 g/mol. The molecule has 0 bridgehead atoms. The molecule has 0 amide bonds. The zero-order chi connectivity index (χ0) is 18.2. The largest absolute Gasteiger partial charge is 0.355 e. The summed E-state index contributed by atoms with van der Waals surface area (Å²) in [6.45, 7) is 11.0.